The summed E-state index contributed by atoms with van der Waals surface area (Å²) in [6.07, 6.45) is 2.00. The van der Waals surface area contributed by atoms with Crippen molar-refractivity contribution >= 4 is 22.4 Å². The summed E-state index contributed by atoms with van der Waals surface area (Å²) in [5, 5.41) is 8.59. The van der Waals surface area contributed by atoms with Gasteiger partial charge in [-0.2, -0.15) is 0 Å². The zero-order valence-corrected chi connectivity index (χ0v) is 11.1. The van der Waals surface area contributed by atoms with E-state index in [4.69, 9.17) is 0 Å². The van der Waals surface area contributed by atoms with Crippen molar-refractivity contribution in [3.05, 3.63) is 42.0 Å². The number of fused-ring (bicyclic) bond motifs is 1. The first-order chi connectivity index (χ1) is 9.25. The van der Waals surface area contributed by atoms with Gasteiger partial charge in [0.2, 0.25) is 5.91 Å². The zero-order chi connectivity index (χ0) is 13.2. The lowest BCUT2D eigenvalue weighted by atomic mass is 10.0. The van der Waals surface area contributed by atoms with Crippen molar-refractivity contribution in [3.63, 3.8) is 0 Å². The predicted octanol–water partition coefficient (Wildman–Crippen LogP) is 2.84. The van der Waals surface area contributed by atoms with E-state index in [0.717, 1.165) is 41.4 Å². The van der Waals surface area contributed by atoms with Crippen LogP contribution in [-0.4, -0.2) is 18.5 Å². The molecule has 1 atom stereocenters. The second-order valence-electron chi connectivity index (χ2n) is 5.12. The number of benzene rings is 2. The van der Waals surface area contributed by atoms with Crippen molar-refractivity contribution in [1.82, 2.24) is 5.32 Å². The molecule has 1 amide bonds. The number of rotatable bonds is 2. The van der Waals surface area contributed by atoms with Gasteiger partial charge >= 0.3 is 0 Å². The molecule has 0 unspecified atom stereocenters. The first-order valence-electron chi connectivity index (χ1n) is 6.78. The standard InChI is InChI=1S/C16H18N2O/c1-11-8-9-12-5-2-3-6-13(12)15(11)18-16(19)14-7-4-10-17-14/h2-3,5-6,8-9,14,17H,4,7,10H2,1H3,(H,18,19)/t14-/m0/s1. The molecule has 0 aromatic heterocycles. The Morgan fingerprint density at radius 3 is 2.89 bits per heavy atom. The van der Waals surface area contributed by atoms with Crippen molar-refractivity contribution in [1.29, 1.82) is 0 Å². The van der Waals surface area contributed by atoms with Gasteiger partial charge in [0.1, 0.15) is 0 Å². The summed E-state index contributed by atoms with van der Waals surface area (Å²) < 4.78 is 0. The molecule has 0 aliphatic carbocycles. The number of nitrogens with one attached hydrogen (secondary N) is 2. The summed E-state index contributed by atoms with van der Waals surface area (Å²) in [4.78, 5) is 12.2. The van der Waals surface area contributed by atoms with E-state index in [9.17, 15) is 4.79 Å². The Kier molecular flexibility index (Phi) is 3.22. The predicted molar refractivity (Wildman–Crippen MR) is 78.3 cm³/mol. The summed E-state index contributed by atoms with van der Waals surface area (Å²) in [6.45, 7) is 2.97. The maximum Gasteiger partial charge on any atom is 0.241 e. The monoisotopic (exact) mass is 254 g/mol. The zero-order valence-electron chi connectivity index (χ0n) is 11.1. The second-order valence-corrected chi connectivity index (χ2v) is 5.12. The number of amides is 1. The minimum absolute atomic E-state index is 0.0432. The highest BCUT2D eigenvalue weighted by molar-refractivity contribution is 6.05. The van der Waals surface area contributed by atoms with Gasteiger partial charge in [-0.25, -0.2) is 0 Å². The van der Waals surface area contributed by atoms with Gasteiger partial charge < -0.3 is 10.6 Å². The Balaban J connectivity index is 1.95. The van der Waals surface area contributed by atoms with E-state index in [1.54, 1.807) is 0 Å². The number of anilines is 1. The van der Waals surface area contributed by atoms with E-state index in [1.165, 1.54) is 0 Å². The summed E-state index contributed by atoms with van der Waals surface area (Å²) in [6, 6.07) is 12.2. The average Bonchev–Trinajstić information content (AvgIpc) is 2.96. The molecule has 0 radical (unpaired) electrons. The lowest BCUT2D eigenvalue weighted by Crippen LogP contribution is -2.35. The molecule has 2 N–H and O–H groups in total. The fourth-order valence-electron chi connectivity index (χ4n) is 2.67. The van der Waals surface area contributed by atoms with Crippen LogP contribution in [-0.2, 0) is 4.79 Å². The molecular formula is C16H18N2O. The van der Waals surface area contributed by atoms with Gasteiger partial charge in [-0.05, 0) is 37.3 Å². The molecule has 0 bridgehead atoms. The fraction of sp³-hybridized carbons (Fsp3) is 0.312. The van der Waals surface area contributed by atoms with Crippen molar-refractivity contribution in [2.45, 2.75) is 25.8 Å². The maximum atomic E-state index is 12.2. The second kappa shape index (κ2) is 5.02. The number of carbonyl (C=O) groups is 1. The third-order valence-corrected chi connectivity index (χ3v) is 3.76. The minimum atomic E-state index is -0.0432. The van der Waals surface area contributed by atoms with E-state index >= 15 is 0 Å². The molecule has 3 nitrogen and oxygen atoms in total. The van der Waals surface area contributed by atoms with Gasteiger partial charge in [0.05, 0.1) is 11.7 Å². The van der Waals surface area contributed by atoms with Crippen LogP contribution in [0.1, 0.15) is 18.4 Å². The molecule has 98 valence electrons. The summed E-state index contributed by atoms with van der Waals surface area (Å²) in [5.41, 5.74) is 2.04. The van der Waals surface area contributed by atoms with E-state index in [1.807, 2.05) is 19.1 Å². The first-order valence-corrected chi connectivity index (χ1v) is 6.78. The number of hydrogen-bond donors (Lipinski definition) is 2. The maximum absolute atomic E-state index is 12.2. The van der Waals surface area contributed by atoms with Crippen LogP contribution in [0.25, 0.3) is 10.8 Å². The molecule has 1 aliphatic heterocycles. The van der Waals surface area contributed by atoms with Gasteiger partial charge in [-0.3, -0.25) is 4.79 Å². The molecule has 3 rings (SSSR count). The highest BCUT2D eigenvalue weighted by Crippen LogP contribution is 2.27. The quantitative estimate of drug-likeness (QED) is 0.865. The van der Waals surface area contributed by atoms with Gasteiger partial charge in [-0.1, -0.05) is 36.4 Å². The van der Waals surface area contributed by atoms with Crippen molar-refractivity contribution in [2.24, 2.45) is 0 Å². The van der Waals surface area contributed by atoms with E-state index in [-0.39, 0.29) is 11.9 Å². The van der Waals surface area contributed by atoms with Gasteiger partial charge in [-0.15, -0.1) is 0 Å². The Bertz CT molecular complexity index is 615. The Hall–Kier alpha value is -1.87. The topological polar surface area (TPSA) is 41.1 Å². The van der Waals surface area contributed by atoms with Crippen LogP contribution < -0.4 is 10.6 Å². The van der Waals surface area contributed by atoms with E-state index < -0.39 is 0 Å². The van der Waals surface area contributed by atoms with Crippen LogP contribution in [0.4, 0.5) is 5.69 Å². The first kappa shape index (κ1) is 12.2. The van der Waals surface area contributed by atoms with Crippen molar-refractivity contribution in [2.75, 3.05) is 11.9 Å². The van der Waals surface area contributed by atoms with E-state index in [0.29, 0.717) is 0 Å². The molecule has 19 heavy (non-hydrogen) atoms. The molecule has 1 saturated heterocycles. The van der Waals surface area contributed by atoms with Crippen molar-refractivity contribution < 1.29 is 4.79 Å². The van der Waals surface area contributed by atoms with Crippen LogP contribution in [0.3, 0.4) is 0 Å². The lowest BCUT2D eigenvalue weighted by Gasteiger charge is -2.15. The molecule has 0 saturated carbocycles. The van der Waals surface area contributed by atoms with Crippen LogP contribution in [0.15, 0.2) is 36.4 Å². The van der Waals surface area contributed by atoms with Crippen molar-refractivity contribution in [3.8, 4) is 0 Å². The average molecular weight is 254 g/mol. The van der Waals surface area contributed by atoms with Gasteiger partial charge in [0.15, 0.2) is 0 Å². The fourth-order valence-corrected chi connectivity index (χ4v) is 2.67. The van der Waals surface area contributed by atoms with Crippen LogP contribution in [0.5, 0.6) is 0 Å². The molecule has 1 fully saturated rings. The SMILES string of the molecule is Cc1ccc2ccccc2c1NC(=O)[C@@H]1CCCN1. The number of aryl methyl sites for hydroxylation is 1. The summed E-state index contributed by atoms with van der Waals surface area (Å²) in [7, 11) is 0. The Labute approximate surface area is 113 Å². The van der Waals surface area contributed by atoms with E-state index in [2.05, 4.69) is 34.9 Å². The smallest absolute Gasteiger partial charge is 0.241 e. The third-order valence-electron chi connectivity index (χ3n) is 3.76. The largest absolute Gasteiger partial charge is 0.324 e. The minimum Gasteiger partial charge on any atom is -0.324 e. The lowest BCUT2D eigenvalue weighted by molar-refractivity contribution is -0.117. The molecule has 2 aromatic rings. The molecule has 2 aromatic carbocycles. The molecular weight excluding hydrogens is 236 g/mol. The Morgan fingerprint density at radius 1 is 1.26 bits per heavy atom. The number of hydrogen-bond acceptors (Lipinski definition) is 2. The van der Waals surface area contributed by atoms with Crippen LogP contribution >= 0.6 is 0 Å². The highest BCUT2D eigenvalue weighted by atomic mass is 16.2. The third kappa shape index (κ3) is 2.34. The normalized spacial score (nSPS) is 18.7. The molecule has 1 aliphatic rings. The molecule has 0 spiro atoms. The summed E-state index contributed by atoms with van der Waals surface area (Å²) >= 11 is 0. The van der Waals surface area contributed by atoms with Crippen LogP contribution in [0, 0.1) is 6.92 Å². The highest BCUT2D eigenvalue weighted by Gasteiger charge is 2.22. The summed E-state index contributed by atoms with van der Waals surface area (Å²) in [5.74, 6) is 0.0805. The number of carbonyl (C=O) groups excluding carboxylic acids is 1. The van der Waals surface area contributed by atoms with Gasteiger partial charge in [0, 0.05) is 5.39 Å². The van der Waals surface area contributed by atoms with Gasteiger partial charge in [0.25, 0.3) is 0 Å². The Morgan fingerprint density at radius 2 is 2.11 bits per heavy atom. The van der Waals surface area contributed by atoms with Crippen LogP contribution in [0.2, 0.25) is 0 Å². The molecule has 3 heteroatoms. The molecule has 1 heterocycles.